The van der Waals surface area contributed by atoms with Crippen LogP contribution in [0.1, 0.15) is 64.7 Å². The minimum atomic E-state index is -1.40. The maximum absolute atomic E-state index is 13.2. The molecule has 2 aromatic carbocycles. The SMILES string of the molecule is CCCCOC(=O)c1ccc(NC(=O)COC(=O)[C@@H](C(C)C)N2C(=O)c3c(Cl)c(Cl)c(Cl)c(Cl)c3C2=O)cc1. The molecule has 39 heavy (non-hydrogen) atoms. The molecule has 1 aliphatic heterocycles. The van der Waals surface area contributed by atoms with E-state index in [4.69, 9.17) is 55.9 Å². The Balaban J connectivity index is 1.67. The average molecular weight is 618 g/mol. The van der Waals surface area contributed by atoms with Crippen LogP contribution in [0.3, 0.4) is 0 Å². The lowest BCUT2D eigenvalue weighted by molar-refractivity contribution is -0.152. The topological polar surface area (TPSA) is 119 Å². The van der Waals surface area contributed by atoms with Crippen LogP contribution in [-0.2, 0) is 19.1 Å². The van der Waals surface area contributed by atoms with E-state index < -0.39 is 48.2 Å². The van der Waals surface area contributed by atoms with Crippen LogP contribution in [-0.4, -0.2) is 53.8 Å². The fourth-order valence-electron chi connectivity index (χ4n) is 3.80. The predicted molar refractivity (Wildman–Crippen MR) is 147 cm³/mol. The zero-order valence-electron chi connectivity index (χ0n) is 21.1. The van der Waals surface area contributed by atoms with E-state index in [0.29, 0.717) is 22.8 Å². The Labute approximate surface area is 244 Å². The molecule has 1 aliphatic rings. The molecular weight excluding hydrogens is 594 g/mol. The van der Waals surface area contributed by atoms with E-state index in [1.807, 2.05) is 6.92 Å². The van der Waals surface area contributed by atoms with Gasteiger partial charge in [0.05, 0.1) is 43.4 Å². The number of imide groups is 1. The van der Waals surface area contributed by atoms with Gasteiger partial charge in [-0.25, -0.2) is 9.59 Å². The van der Waals surface area contributed by atoms with Crippen molar-refractivity contribution in [3.63, 3.8) is 0 Å². The van der Waals surface area contributed by atoms with E-state index in [2.05, 4.69) is 5.32 Å². The quantitative estimate of drug-likeness (QED) is 0.113. The number of hydrogen-bond donors (Lipinski definition) is 1. The first-order valence-corrected chi connectivity index (χ1v) is 13.4. The van der Waals surface area contributed by atoms with Gasteiger partial charge in [-0.1, -0.05) is 73.6 Å². The number of rotatable bonds is 10. The van der Waals surface area contributed by atoms with Gasteiger partial charge in [-0.05, 0) is 36.6 Å². The van der Waals surface area contributed by atoms with Gasteiger partial charge >= 0.3 is 11.9 Å². The standard InChI is InChI=1S/C26H24Cl4N2O7/c1-4-5-10-38-25(36)13-6-8-14(9-7-13)31-15(33)11-39-26(37)22(12(2)3)32-23(34)16-17(24(32)35)19(28)21(30)20(29)18(16)27/h6-9,12,22H,4-5,10-11H2,1-3H3,(H,31,33)/t22-/m1/s1. The molecule has 9 nitrogen and oxygen atoms in total. The van der Waals surface area contributed by atoms with Gasteiger partial charge in [0.15, 0.2) is 6.61 Å². The number of hydrogen-bond acceptors (Lipinski definition) is 7. The normalized spacial score (nSPS) is 13.4. The van der Waals surface area contributed by atoms with Gasteiger partial charge in [0.1, 0.15) is 6.04 Å². The number of benzene rings is 2. The maximum Gasteiger partial charge on any atom is 0.338 e. The average Bonchev–Trinajstić information content (AvgIpc) is 3.15. The van der Waals surface area contributed by atoms with E-state index in [0.717, 1.165) is 12.8 Å². The number of ether oxygens (including phenoxy) is 2. The number of esters is 2. The van der Waals surface area contributed by atoms with Gasteiger partial charge in [0, 0.05) is 5.69 Å². The number of fused-ring (bicyclic) bond motifs is 1. The summed E-state index contributed by atoms with van der Waals surface area (Å²) in [5.41, 5.74) is 0.129. The van der Waals surface area contributed by atoms with Gasteiger partial charge in [0.2, 0.25) is 0 Å². The van der Waals surface area contributed by atoms with Crippen molar-refractivity contribution in [2.75, 3.05) is 18.5 Å². The Bertz CT molecular complexity index is 1280. The number of halogens is 4. The molecule has 0 fully saturated rings. The molecule has 13 heteroatoms. The fourth-order valence-corrected chi connectivity index (χ4v) is 4.81. The van der Waals surface area contributed by atoms with Crippen LogP contribution < -0.4 is 5.32 Å². The second-order valence-corrected chi connectivity index (χ2v) is 10.4. The van der Waals surface area contributed by atoms with E-state index in [1.165, 1.54) is 24.3 Å². The summed E-state index contributed by atoms with van der Waals surface area (Å²) in [6, 6.07) is 4.57. The van der Waals surface area contributed by atoms with E-state index in [-0.39, 0.29) is 31.2 Å². The van der Waals surface area contributed by atoms with Crippen LogP contribution in [0.25, 0.3) is 0 Å². The summed E-state index contributed by atoms with van der Waals surface area (Å²) >= 11 is 24.4. The van der Waals surface area contributed by atoms with Crippen molar-refractivity contribution >= 4 is 81.8 Å². The molecule has 1 N–H and O–H groups in total. The molecule has 0 spiro atoms. The van der Waals surface area contributed by atoms with Crippen molar-refractivity contribution in [1.82, 2.24) is 4.90 Å². The van der Waals surface area contributed by atoms with Crippen molar-refractivity contribution in [1.29, 1.82) is 0 Å². The first-order chi connectivity index (χ1) is 18.4. The number of carbonyl (C=O) groups is 5. The van der Waals surface area contributed by atoms with Crippen molar-refractivity contribution in [3.05, 3.63) is 61.0 Å². The van der Waals surface area contributed by atoms with Crippen LogP contribution in [0.15, 0.2) is 24.3 Å². The second-order valence-electron chi connectivity index (χ2n) is 8.90. The highest BCUT2D eigenvalue weighted by atomic mass is 35.5. The molecule has 0 radical (unpaired) electrons. The van der Waals surface area contributed by atoms with E-state index >= 15 is 0 Å². The highest BCUT2D eigenvalue weighted by molar-refractivity contribution is 6.55. The second kappa shape index (κ2) is 13.0. The molecule has 2 aromatic rings. The summed E-state index contributed by atoms with van der Waals surface area (Å²) in [6.07, 6.45) is 1.65. The van der Waals surface area contributed by atoms with Crippen molar-refractivity contribution in [3.8, 4) is 0 Å². The summed E-state index contributed by atoms with van der Waals surface area (Å²) in [7, 11) is 0. The third-order valence-corrected chi connectivity index (χ3v) is 7.57. The lowest BCUT2D eigenvalue weighted by Crippen LogP contribution is -2.49. The molecule has 0 saturated heterocycles. The Kier molecular flexibility index (Phi) is 10.2. The summed E-state index contributed by atoms with van der Waals surface area (Å²) in [6.45, 7) is 4.78. The molecule has 1 heterocycles. The largest absolute Gasteiger partial charge is 0.462 e. The van der Waals surface area contributed by atoms with Gasteiger partial charge in [-0.2, -0.15) is 0 Å². The number of carbonyl (C=O) groups excluding carboxylic acids is 5. The number of anilines is 1. The lowest BCUT2D eigenvalue weighted by atomic mass is 10.0. The minimum Gasteiger partial charge on any atom is -0.462 e. The smallest absolute Gasteiger partial charge is 0.338 e. The summed E-state index contributed by atoms with van der Waals surface area (Å²) in [5, 5.41) is 1.60. The molecular formula is C26H24Cl4N2O7. The Morgan fingerprint density at radius 1 is 0.872 bits per heavy atom. The van der Waals surface area contributed by atoms with Crippen LogP contribution >= 0.6 is 46.4 Å². The van der Waals surface area contributed by atoms with Gasteiger partial charge < -0.3 is 14.8 Å². The first-order valence-electron chi connectivity index (χ1n) is 11.9. The van der Waals surface area contributed by atoms with Crippen molar-refractivity contribution in [2.45, 2.75) is 39.7 Å². The van der Waals surface area contributed by atoms with Gasteiger partial charge in [0.25, 0.3) is 17.7 Å². The fraction of sp³-hybridized carbons (Fsp3) is 0.346. The van der Waals surface area contributed by atoms with Crippen LogP contribution in [0, 0.1) is 5.92 Å². The Hall–Kier alpha value is -2.85. The third kappa shape index (κ3) is 6.49. The third-order valence-electron chi connectivity index (χ3n) is 5.76. The zero-order valence-corrected chi connectivity index (χ0v) is 24.1. The molecule has 0 bridgehead atoms. The Morgan fingerprint density at radius 2 is 1.41 bits per heavy atom. The number of nitrogens with one attached hydrogen (secondary N) is 1. The highest BCUT2D eigenvalue weighted by Crippen LogP contribution is 2.45. The molecule has 3 amide bonds. The summed E-state index contributed by atoms with van der Waals surface area (Å²) in [4.78, 5) is 64.4. The summed E-state index contributed by atoms with van der Waals surface area (Å²) < 4.78 is 10.3. The number of amides is 3. The van der Waals surface area contributed by atoms with E-state index in [1.54, 1.807) is 13.8 Å². The van der Waals surface area contributed by atoms with E-state index in [9.17, 15) is 24.0 Å². The molecule has 0 aromatic heterocycles. The molecule has 0 unspecified atom stereocenters. The van der Waals surface area contributed by atoms with Crippen molar-refractivity contribution < 1.29 is 33.4 Å². The minimum absolute atomic E-state index is 0.202. The number of unbranched alkanes of at least 4 members (excludes halogenated alkanes) is 1. The van der Waals surface area contributed by atoms with Crippen LogP contribution in [0.5, 0.6) is 0 Å². The van der Waals surface area contributed by atoms with Crippen molar-refractivity contribution in [2.24, 2.45) is 5.92 Å². The lowest BCUT2D eigenvalue weighted by Gasteiger charge is -2.27. The molecule has 3 rings (SSSR count). The maximum atomic E-state index is 13.2. The van der Waals surface area contributed by atoms with Crippen LogP contribution in [0.4, 0.5) is 5.69 Å². The molecule has 0 saturated carbocycles. The Morgan fingerprint density at radius 3 is 1.90 bits per heavy atom. The first kappa shape index (κ1) is 30.7. The predicted octanol–water partition coefficient (Wildman–Crippen LogP) is 6.06. The molecule has 1 atom stereocenters. The van der Waals surface area contributed by atoms with Crippen LogP contribution in [0.2, 0.25) is 20.1 Å². The zero-order chi connectivity index (χ0) is 29.0. The number of nitrogens with zero attached hydrogens (tertiary/aromatic N) is 1. The molecule has 0 aliphatic carbocycles. The monoisotopic (exact) mass is 616 g/mol. The van der Waals surface area contributed by atoms with Gasteiger partial charge in [-0.3, -0.25) is 19.3 Å². The highest BCUT2D eigenvalue weighted by Gasteiger charge is 2.48. The molecule has 208 valence electrons. The van der Waals surface area contributed by atoms with Gasteiger partial charge in [-0.15, -0.1) is 0 Å². The summed E-state index contributed by atoms with van der Waals surface area (Å²) in [5.74, 6) is -4.55.